The molecule has 0 bridgehead atoms. The summed E-state index contributed by atoms with van der Waals surface area (Å²) < 4.78 is 0. The van der Waals surface area contributed by atoms with E-state index in [4.69, 9.17) is 0 Å². The zero-order valence-corrected chi connectivity index (χ0v) is 10.9. The van der Waals surface area contributed by atoms with Gasteiger partial charge in [0.1, 0.15) is 0 Å². The number of aliphatic carboxylic acids is 4. The van der Waals surface area contributed by atoms with Gasteiger partial charge in [-0.1, -0.05) is 0 Å². The van der Waals surface area contributed by atoms with E-state index in [1.54, 1.807) is 0 Å². The molecule has 0 aromatic carbocycles. The first kappa shape index (κ1) is 20.5. The van der Waals surface area contributed by atoms with Gasteiger partial charge in [-0.15, -0.1) is 0 Å². The normalized spacial score (nSPS) is 8.94. The molecule has 0 rings (SSSR count). The number of hydrogen-bond donors (Lipinski definition) is 0. The first-order valence-corrected chi connectivity index (χ1v) is 3.45. The summed E-state index contributed by atoms with van der Waals surface area (Å²) in [5.74, 6) is -6.19. The van der Waals surface area contributed by atoms with E-state index in [1.807, 2.05) is 0 Å². The summed E-state index contributed by atoms with van der Waals surface area (Å²) >= 11 is 0. The Morgan fingerprint density at radius 1 is 0.529 bits per heavy atom. The number of carbonyl (C=O) groups is 4. The third-order valence-electron chi connectivity index (χ3n) is 0.711. The van der Waals surface area contributed by atoms with Crippen molar-refractivity contribution in [2.24, 2.45) is 0 Å². The summed E-state index contributed by atoms with van der Waals surface area (Å²) in [7, 11) is 0. The Labute approximate surface area is 109 Å². The molecule has 0 aliphatic heterocycles. The van der Waals surface area contributed by atoms with Crippen LogP contribution in [-0.2, 0) is 40.2 Å². The average molecular weight is 412 g/mol. The second kappa shape index (κ2) is 12.1. The molecule has 0 atom stereocenters. The van der Waals surface area contributed by atoms with Crippen molar-refractivity contribution < 1.29 is 60.7 Å². The van der Waals surface area contributed by atoms with Crippen LogP contribution in [0.5, 0.6) is 0 Å². The number of hydrogen-bond acceptors (Lipinski definition) is 8. The number of carboxylic acid groups (broad SMARTS) is 4. The van der Waals surface area contributed by atoms with Gasteiger partial charge in [0.15, 0.2) is 0 Å². The molecule has 17 heavy (non-hydrogen) atoms. The SMILES string of the molecule is O=C([O-])/C=C/C(=O)[O-].O=C([O-])/C=C/C(=O)[O-].[W]. The summed E-state index contributed by atoms with van der Waals surface area (Å²) in [5.41, 5.74) is 0. The molecule has 0 aromatic heterocycles. The van der Waals surface area contributed by atoms with Gasteiger partial charge in [-0.3, -0.25) is 0 Å². The molecule has 0 heterocycles. The van der Waals surface area contributed by atoms with E-state index < -0.39 is 23.9 Å². The minimum Gasteiger partial charge on any atom is -0.545 e. The molecule has 0 saturated carbocycles. The van der Waals surface area contributed by atoms with E-state index in [0.29, 0.717) is 24.3 Å². The van der Waals surface area contributed by atoms with E-state index in [0.717, 1.165) is 0 Å². The number of carbonyl (C=O) groups excluding carboxylic acids is 4. The van der Waals surface area contributed by atoms with Gasteiger partial charge in [-0.2, -0.15) is 0 Å². The summed E-state index contributed by atoms with van der Waals surface area (Å²) in [6.07, 6.45) is 1.54. The Bertz CT molecular complexity index is 277. The van der Waals surface area contributed by atoms with E-state index >= 15 is 0 Å². The maximum atomic E-state index is 9.41. The van der Waals surface area contributed by atoms with E-state index in [-0.39, 0.29) is 21.1 Å². The number of carboxylic acids is 4. The molecule has 94 valence electrons. The maximum Gasteiger partial charge on any atom is 0.0643 e. The Kier molecular flexibility index (Phi) is 14.6. The predicted octanol–water partition coefficient (Wildman–Crippen LogP) is -5.92. The van der Waals surface area contributed by atoms with Crippen LogP contribution in [0.2, 0.25) is 0 Å². The Morgan fingerprint density at radius 3 is 0.706 bits per heavy atom. The topological polar surface area (TPSA) is 161 Å². The van der Waals surface area contributed by atoms with E-state index in [9.17, 15) is 39.6 Å². The minimum absolute atomic E-state index is 0. The fourth-order valence-electron chi connectivity index (χ4n) is 0.272. The van der Waals surface area contributed by atoms with E-state index in [1.165, 1.54) is 0 Å². The quantitative estimate of drug-likeness (QED) is 0.413. The summed E-state index contributed by atoms with van der Waals surface area (Å²) in [5, 5.41) is 37.7. The molecule has 0 N–H and O–H groups in total. The molecule has 0 unspecified atom stereocenters. The van der Waals surface area contributed by atoms with Gasteiger partial charge < -0.3 is 39.6 Å². The third kappa shape index (κ3) is 31.5. The molecule has 0 aliphatic rings. The molecule has 0 aromatic rings. The first-order chi connectivity index (χ1) is 7.25. The van der Waals surface area contributed by atoms with Crippen molar-refractivity contribution >= 4 is 23.9 Å². The molecular formula is C8H4O8W-4. The van der Waals surface area contributed by atoms with Crippen LogP contribution >= 0.6 is 0 Å². The van der Waals surface area contributed by atoms with Crippen LogP contribution in [0.25, 0.3) is 0 Å². The zero-order chi connectivity index (χ0) is 13.1. The van der Waals surface area contributed by atoms with E-state index in [2.05, 4.69) is 0 Å². The Hall–Kier alpha value is -1.95. The second-order valence-corrected chi connectivity index (χ2v) is 1.94. The molecule has 0 amide bonds. The molecule has 8 nitrogen and oxygen atoms in total. The molecular weight excluding hydrogens is 408 g/mol. The zero-order valence-electron chi connectivity index (χ0n) is 7.98. The molecule has 0 spiro atoms. The van der Waals surface area contributed by atoms with Crippen molar-refractivity contribution in [3.05, 3.63) is 24.3 Å². The van der Waals surface area contributed by atoms with Gasteiger partial charge in [-0.25, -0.2) is 0 Å². The molecule has 0 fully saturated rings. The molecule has 0 radical (unpaired) electrons. The van der Waals surface area contributed by atoms with Crippen LogP contribution < -0.4 is 20.4 Å². The standard InChI is InChI=1S/2C4H4O4.W/c2*5-3(6)1-2-4(7)8;/h2*1-2H,(H,5,6)(H,7,8);/p-4/b2*2-1+;. The van der Waals surface area contributed by atoms with Gasteiger partial charge >= 0.3 is 0 Å². The van der Waals surface area contributed by atoms with Crippen molar-refractivity contribution in [1.82, 2.24) is 0 Å². The van der Waals surface area contributed by atoms with Crippen molar-refractivity contribution in [3.8, 4) is 0 Å². The first-order valence-electron chi connectivity index (χ1n) is 3.45. The Morgan fingerprint density at radius 2 is 0.647 bits per heavy atom. The van der Waals surface area contributed by atoms with Gasteiger partial charge in [0, 0.05) is 21.1 Å². The monoisotopic (exact) mass is 412 g/mol. The van der Waals surface area contributed by atoms with Gasteiger partial charge in [0.25, 0.3) is 0 Å². The third-order valence-corrected chi connectivity index (χ3v) is 0.711. The predicted molar refractivity (Wildman–Crippen MR) is 38.3 cm³/mol. The summed E-state index contributed by atoms with van der Waals surface area (Å²) in [6.45, 7) is 0. The van der Waals surface area contributed by atoms with Crippen LogP contribution in [0.3, 0.4) is 0 Å². The van der Waals surface area contributed by atoms with Crippen molar-refractivity contribution in [2.45, 2.75) is 0 Å². The van der Waals surface area contributed by atoms with Crippen molar-refractivity contribution in [1.29, 1.82) is 0 Å². The molecule has 0 saturated heterocycles. The van der Waals surface area contributed by atoms with Crippen LogP contribution in [-0.4, -0.2) is 23.9 Å². The Balaban J connectivity index is -0.000000218. The molecule has 9 heteroatoms. The minimum atomic E-state index is -1.55. The van der Waals surface area contributed by atoms with Crippen molar-refractivity contribution in [2.75, 3.05) is 0 Å². The average Bonchev–Trinajstić information content (AvgIpc) is 2.12. The smallest absolute Gasteiger partial charge is 0.0643 e. The van der Waals surface area contributed by atoms with Gasteiger partial charge in [0.2, 0.25) is 0 Å². The maximum absolute atomic E-state index is 9.41. The van der Waals surface area contributed by atoms with Gasteiger partial charge in [0.05, 0.1) is 23.9 Å². The fraction of sp³-hybridized carbons (Fsp3) is 0. The van der Waals surface area contributed by atoms with Crippen molar-refractivity contribution in [3.63, 3.8) is 0 Å². The second-order valence-electron chi connectivity index (χ2n) is 1.94. The van der Waals surface area contributed by atoms with Crippen LogP contribution in [0.4, 0.5) is 0 Å². The fourth-order valence-corrected chi connectivity index (χ4v) is 0.272. The molecule has 0 aliphatic carbocycles. The summed E-state index contributed by atoms with van der Waals surface area (Å²) in [4.78, 5) is 37.7. The van der Waals surface area contributed by atoms with Crippen LogP contribution in [0.15, 0.2) is 24.3 Å². The van der Waals surface area contributed by atoms with Gasteiger partial charge in [-0.05, 0) is 24.3 Å². The summed E-state index contributed by atoms with van der Waals surface area (Å²) in [6, 6.07) is 0. The van der Waals surface area contributed by atoms with Crippen LogP contribution in [0, 0.1) is 0 Å². The largest absolute Gasteiger partial charge is 0.545 e. The van der Waals surface area contributed by atoms with Crippen LogP contribution in [0.1, 0.15) is 0 Å². The number of rotatable bonds is 4.